The lowest BCUT2D eigenvalue weighted by Gasteiger charge is -2.26. The molecular formula is C25H25NO6. The first-order valence-corrected chi connectivity index (χ1v) is 10.3. The van der Waals surface area contributed by atoms with Crippen LogP contribution in [0.2, 0.25) is 0 Å². The van der Waals surface area contributed by atoms with E-state index in [1.165, 1.54) is 11.8 Å². The molecule has 3 aromatic carbocycles. The van der Waals surface area contributed by atoms with Crippen molar-refractivity contribution in [3.63, 3.8) is 0 Å². The Morgan fingerprint density at radius 2 is 1.53 bits per heavy atom. The molecular weight excluding hydrogens is 410 g/mol. The summed E-state index contributed by atoms with van der Waals surface area (Å²) in [5.74, 6) is -2.06. The first-order valence-electron chi connectivity index (χ1n) is 10.3. The Kier molecular flexibility index (Phi) is 7.10. The summed E-state index contributed by atoms with van der Waals surface area (Å²) in [4.78, 5) is 36.1. The second-order valence-electron chi connectivity index (χ2n) is 7.54. The van der Waals surface area contributed by atoms with Crippen molar-refractivity contribution >= 4 is 28.8 Å². The fourth-order valence-electron chi connectivity index (χ4n) is 3.34. The molecule has 1 atom stereocenters. The van der Waals surface area contributed by atoms with Crippen LogP contribution in [0.4, 0.5) is 4.79 Å². The summed E-state index contributed by atoms with van der Waals surface area (Å²) in [5.41, 5.74) is 2.88. The first-order chi connectivity index (χ1) is 15.3. The summed E-state index contributed by atoms with van der Waals surface area (Å²) in [6.45, 7) is 3.68. The maximum atomic E-state index is 12.4. The number of nitrogens with zero attached hydrogens (tertiary/aromatic N) is 1. The van der Waals surface area contributed by atoms with Gasteiger partial charge in [0.1, 0.15) is 6.04 Å². The average Bonchev–Trinajstić information content (AvgIpc) is 2.80. The van der Waals surface area contributed by atoms with Crippen LogP contribution in [0, 0.1) is 0 Å². The Labute approximate surface area is 185 Å². The molecule has 1 amide bonds. The lowest BCUT2D eigenvalue weighted by Crippen LogP contribution is -2.43. The maximum absolute atomic E-state index is 12.4. The first kappa shape index (κ1) is 22.8. The minimum absolute atomic E-state index is 0.115. The van der Waals surface area contributed by atoms with E-state index in [0.717, 1.165) is 27.5 Å². The van der Waals surface area contributed by atoms with Crippen molar-refractivity contribution in [2.75, 3.05) is 6.61 Å². The third kappa shape index (κ3) is 5.24. The monoisotopic (exact) mass is 435 g/mol. The van der Waals surface area contributed by atoms with E-state index < -0.39 is 24.1 Å². The summed E-state index contributed by atoms with van der Waals surface area (Å²) in [6, 6.07) is 17.2. The zero-order chi connectivity index (χ0) is 23.3. The van der Waals surface area contributed by atoms with Gasteiger partial charge in [0.15, 0.2) is 0 Å². The van der Waals surface area contributed by atoms with Crippen LogP contribution < -0.4 is 0 Å². The van der Waals surface area contributed by atoms with E-state index in [0.29, 0.717) is 6.42 Å². The SMILES string of the molecule is CCCOC(=O)N(Cc1ccc2cc(-c3ccc(C(=O)O)cc3)ccc2c1)C(C)C(=O)O. The molecule has 0 bridgehead atoms. The van der Waals surface area contributed by atoms with Gasteiger partial charge < -0.3 is 14.9 Å². The zero-order valence-electron chi connectivity index (χ0n) is 17.9. The lowest BCUT2D eigenvalue weighted by molar-refractivity contribution is -0.142. The van der Waals surface area contributed by atoms with Gasteiger partial charge >= 0.3 is 18.0 Å². The molecule has 0 heterocycles. The van der Waals surface area contributed by atoms with E-state index in [9.17, 15) is 19.5 Å². The number of aromatic carboxylic acids is 1. The smallest absolute Gasteiger partial charge is 0.410 e. The minimum atomic E-state index is -1.10. The molecule has 1 unspecified atom stereocenters. The molecule has 0 radical (unpaired) electrons. The molecule has 0 saturated carbocycles. The van der Waals surface area contributed by atoms with Crippen LogP contribution in [0.5, 0.6) is 0 Å². The second-order valence-corrected chi connectivity index (χ2v) is 7.54. The highest BCUT2D eigenvalue weighted by molar-refractivity contribution is 5.90. The van der Waals surface area contributed by atoms with Gasteiger partial charge in [-0.2, -0.15) is 0 Å². The van der Waals surface area contributed by atoms with Crippen molar-refractivity contribution in [1.82, 2.24) is 4.90 Å². The Bertz CT molecular complexity index is 1140. The zero-order valence-corrected chi connectivity index (χ0v) is 17.9. The fourth-order valence-corrected chi connectivity index (χ4v) is 3.34. The number of carbonyl (C=O) groups excluding carboxylic acids is 1. The summed E-state index contributed by atoms with van der Waals surface area (Å²) in [5, 5.41) is 20.3. The normalized spacial score (nSPS) is 11.7. The molecule has 0 saturated heterocycles. The molecule has 7 heteroatoms. The van der Waals surface area contributed by atoms with Crippen LogP contribution >= 0.6 is 0 Å². The van der Waals surface area contributed by atoms with Crippen molar-refractivity contribution < 1.29 is 29.3 Å². The molecule has 32 heavy (non-hydrogen) atoms. The third-order valence-electron chi connectivity index (χ3n) is 5.21. The average molecular weight is 435 g/mol. The van der Waals surface area contributed by atoms with E-state index >= 15 is 0 Å². The number of fused-ring (bicyclic) bond motifs is 1. The lowest BCUT2D eigenvalue weighted by atomic mass is 9.99. The van der Waals surface area contributed by atoms with Crippen LogP contribution in [0.1, 0.15) is 36.2 Å². The third-order valence-corrected chi connectivity index (χ3v) is 5.21. The molecule has 0 fully saturated rings. The molecule has 3 rings (SSSR count). The number of amides is 1. The van der Waals surface area contributed by atoms with Crippen LogP contribution in [0.25, 0.3) is 21.9 Å². The number of hydrogen-bond donors (Lipinski definition) is 2. The van der Waals surface area contributed by atoms with Gasteiger partial charge in [0.25, 0.3) is 0 Å². The molecule has 0 aliphatic rings. The Hall–Kier alpha value is -3.87. The van der Waals surface area contributed by atoms with E-state index in [4.69, 9.17) is 9.84 Å². The van der Waals surface area contributed by atoms with Crippen LogP contribution in [0.15, 0.2) is 60.7 Å². The number of benzene rings is 3. The van der Waals surface area contributed by atoms with Gasteiger partial charge in [-0.1, -0.05) is 43.3 Å². The number of ether oxygens (including phenoxy) is 1. The standard InChI is InChI=1S/C25H25NO6/c1-3-12-32-25(31)26(16(2)23(27)28)15-17-4-5-22-14-21(11-10-20(22)13-17)18-6-8-19(9-7-18)24(29)30/h4-11,13-14,16H,3,12,15H2,1-2H3,(H,27,28)(H,29,30). The predicted octanol–water partition coefficient (Wildman–Crippen LogP) is 5.03. The highest BCUT2D eigenvalue weighted by Gasteiger charge is 2.27. The fraction of sp³-hybridized carbons (Fsp3) is 0.240. The molecule has 0 spiro atoms. The van der Waals surface area contributed by atoms with Gasteiger partial charge in [0, 0.05) is 6.54 Å². The summed E-state index contributed by atoms with van der Waals surface area (Å²) >= 11 is 0. The summed E-state index contributed by atoms with van der Waals surface area (Å²) < 4.78 is 5.16. The number of carbonyl (C=O) groups is 3. The van der Waals surface area contributed by atoms with Crippen molar-refractivity contribution in [2.24, 2.45) is 0 Å². The molecule has 0 aliphatic heterocycles. The van der Waals surface area contributed by atoms with E-state index in [-0.39, 0.29) is 18.7 Å². The van der Waals surface area contributed by atoms with E-state index in [1.54, 1.807) is 24.3 Å². The highest BCUT2D eigenvalue weighted by Crippen LogP contribution is 2.26. The molecule has 0 aliphatic carbocycles. The number of aliphatic carboxylic acids is 1. The van der Waals surface area contributed by atoms with Gasteiger partial charge in [-0.05, 0) is 65.1 Å². The highest BCUT2D eigenvalue weighted by atomic mass is 16.6. The quantitative estimate of drug-likeness (QED) is 0.514. The van der Waals surface area contributed by atoms with Gasteiger partial charge in [0.2, 0.25) is 0 Å². The molecule has 2 N–H and O–H groups in total. The summed E-state index contributed by atoms with van der Waals surface area (Å²) in [6.07, 6.45) is 0.000242. The van der Waals surface area contributed by atoms with Gasteiger partial charge in [0.05, 0.1) is 12.2 Å². The van der Waals surface area contributed by atoms with Crippen LogP contribution in [-0.4, -0.2) is 45.8 Å². The topological polar surface area (TPSA) is 104 Å². The molecule has 0 aromatic heterocycles. The molecule has 166 valence electrons. The largest absolute Gasteiger partial charge is 0.480 e. The Balaban J connectivity index is 1.85. The number of hydrogen-bond acceptors (Lipinski definition) is 4. The van der Waals surface area contributed by atoms with Crippen molar-refractivity contribution in [3.8, 4) is 11.1 Å². The van der Waals surface area contributed by atoms with Crippen molar-refractivity contribution in [1.29, 1.82) is 0 Å². The predicted molar refractivity (Wildman–Crippen MR) is 121 cm³/mol. The number of rotatable bonds is 8. The maximum Gasteiger partial charge on any atom is 0.410 e. The van der Waals surface area contributed by atoms with Crippen LogP contribution in [0.3, 0.4) is 0 Å². The van der Waals surface area contributed by atoms with Crippen molar-refractivity contribution in [2.45, 2.75) is 32.9 Å². The van der Waals surface area contributed by atoms with Crippen LogP contribution in [-0.2, 0) is 16.1 Å². The number of carboxylic acids is 2. The van der Waals surface area contributed by atoms with Crippen molar-refractivity contribution in [3.05, 3.63) is 71.8 Å². The van der Waals surface area contributed by atoms with Gasteiger partial charge in [-0.25, -0.2) is 14.4 Å². The van der Waals surface area contributed by atoms with Gasteiger partial charge in [-0.3, -0.25) is 4.90 Å². The van der Waals surface area contributed by atoms with E-state index in [1.807, 2.05) is 43.3 Å². The number of carboxylic acid groups (broad SMARTS) is 2. The van der Waals surface area contributed by atoms with E-state index in [2.05, 4.69) is 0 Å². The second kappa shape index (κ2) is 9.96. The Morgan fingerprint density at radius 3 is 2.16 bits per heavy atom. The summed E-state index contributed by atoms with van der Waals surface area (Å²) in [7, 11) is 0. The minimum Gasteiger partial charge on any atom is -0.480 e. The van der Waals surface area contributed by atoms with Gasteiger partial charge in [-0.15, -0.1) is 0 Å². The Morgan fingerprint density at radius 1 is 0.906 bits per heavy atom. The molecule has 3 aromatic rings. The molecule has 7 nitrogen and oxygen atoms in total.